The molecule has 1 N–H and O–H groups in total. The lowest BCUT2D eigenvalue weighted by Gasteiger charge is -2.09. The number of hydrogen-bond donors (Lipinski definition) is 1. The number of fused-ring (bicyclic) bond motifs is 2. The van der Waals surface area contributed by atoms with Gasteiger partial charge in [0.1, 0.15) is 11.6 Å². The van der Waals surface area contributed by atoms with Crippen LogP contribution in [0.3, 0.4) is 0 Å². The fourth-order valence-electron chi connectivity index (χ4n) is 3.07. The molecule has 0 spiro atoms. The number of aryl methyl sites for hydroxylation is 1. The molecule has 0 radical (unpaired) electrons. The van der Waals surface area contributed by atoms with Crippen LogP contribution in [0.15, 0.2) is 41.3 Å². The van der Waals surface area contributed by atoms with Crippen molar-refractivity contribution in [3.05, 3.63) is 52.7 Å². The van der Waals surface area contributed by atoms with Crippen LogP contribution in [0.25, 0.3) is 10.9 Å². The van der Waals surface area contributed by atoms with Crippen LogP contribution in [0.4, 0.5) is 5.69 Å². The molecule has 0 saturated carbocycles. The summed E-state index contributed by atoms with van der Waals surface area (Å²) in [5.41, 5.74) is 1.13. The normalized spacial score (nSPS) is 12.6. The monoisotopic (exact) mass is 366 g/mol. The molecular formula is C19H18N4O4. The molecule has 8 nitrogen and oxygen atoms in total. The van der Waals surface area contributed by atoms with E-state index in [0.717, 1.165) is 18.7 Å². The van der Waals surface area contributed by atoms with Crippen molar-refractivity contribution in [3.8, 4) is 11.6 Å². The maximum atomic E-state index is 12.6. The number of carbonyl (C=O) groups is 1. The minimum atomic E-state index is -0.328. The number of rotatable bonds is 5. The van der Waals surface area contributed by atoms with E-state index in [-0.39, 0.29) is 18.1 Å². The van der Waals surface area contributed by atoms with Crippen LogP contribution >= 0.6 is 0 Å². The zero-order valence-electron chi connectivity index (χ0n) is 14.8. The Balaban J connectivity index is 1.45. The Kier molecular flexibility index (Phi) is 4.45. The molecule has 0 aliphatic carbocycles. The summed E-state index contributed by atoms with van der Waals surface area (Å²) in [7, 11) is 1.52. The molecular weight excluding hydrogens is 348 g/mol. The Hall–Kier alpha value is -3.42. The number of benzene rings is 1. The molecule has 0 fully saturated rings. The van der Waals surface area contributed by atoms with E-state index < -0.39 is 0 Å². The minimum Gasteiger partial charge on any atom is -0.484 e. The van der Waals surface area contributed by atoms with E-state index in [4.69, 9.17) is 9.47 Å². The second-order valence-electron chi connectivity index (χ2n) is 6.19. The fraction of sp³-hybridized carbons (Fsp3) is 0.263. The van der Waals surface area contributed by atoms with Gasteiger partial charge in [0.05, 0.1) is 29.9 Å². The molecule has 27 heavy (non-hydrogen) atoms. The van der Waals surface area contributed by atoms with Gasteiger partial charge in [0, 0.05) is 19.0 Å². The highest BCUT2D eigenvalue weighted by Gasteiger charge is 2.16. The average molecular weight is 366 g/mol. The summed E-state index contributed by atoms with van der Waals surface area (Å²) in [6, 6.07) is 8.43. The molecule has 0 unspecified atom stereocenters. The van der Waals surface area contributed by atoms with Gasteiger partial charge >= 0.3 is 0 Å². The van der Waals surface area contributed by atoms with Crippen molar-refractivity contribution < 1.29 is 14.3 Å². The van der Waals surface area contributed by atoms with Crippen molar-refractivity contribution in [1.29, 1.82) is 0 Å². The molecule has 1 aliphatic heterocycles. The summed E-state index contributed by atoms with van der Waals surface area (Å²) in [6.45, 7) is 0.512. The van der Waals surface area contributed by atoms with Crippen molar-refractivity contribution in [3.63, 3.8) is 0 Å². The van der Waals surface area contributed by atoms with Gasteiger partial charge in [-0.05, 0) is 30.7 Å². The third kappa shape index (κ3) is 3.46. The lowest BCUT2D eigenvalue weighted by molar-refractivity contribution is -0.118. The van der Waals surface area contributed by atoms with Gasteiger partial charge in [-0.1, -0.05) is 0 Å². The van der Waals surface area contributed by atoms with E-state index >= 15 is 0 Å². The molecule has 0 atom stereocenters. The molecule has 3 aromatic rings. The standard InChI is InChI=1S/C19H18N4O4/c1-26-18-7-4-12(10-20-18)21-17(24)11-27-13-5-6-15-14(9-13)19(25)23-8-2-3-16(23)22-15/h4-7,9-10H,2-3,8,11H2,1H3,(H,21,24). The molecule has 2 aromatic heterocycles. The predicted octanol–water partition coefficient (Wildman–Crippen LogP) is 1.76. The largest absolute Gasteiger partial charge is 0.484 e. The maximum absolute atomic E-state index is 12.6. The van der Waals surface area contributed by atoms with E-state index in [1.54, 1.807) is 34.9 Å². The summed E-state index contributed by atoms with van der Waals surface area (Å²) in [5.74, 6) is 1.41. The minimum absolute atomic E-state index is 0.0632. The van der Waals surface area contributed by atoms with Crippen LogP contribution in [0.2, 0.25) is 0 Å². The van der Waals surface area contributed by atoms with E-state index in [9.17, 15) is 9.59 Å². The van der Waals surface area contributed by atoms with Crippen LogP contribution in [0, 0.1) is 0 Å². The highest BCUT2D eigenvalue weighted by atomic mass is 16.5. The number of hydrogen-bond acceptors (Lipinski definition) is 6. The van der Waals surface area contributed by atoms with E-state index in [2.05, 4.69) is 15.3 Å². The van der Waals surface area contributed by atoms with Crippen LogP contribution in [0.1, 0.15) is 12.2 Å². The molecule has 1 amide bonds. The number of amides is 1. The highest BCUT2D eigenvalue weighted by molar-refractivity contribution is 5.91. The number of aromatic nitrogens is 3. The Morgan fingerprint density at radius 2 is 2.19 bits per heavy atom. The lowest BCUT2D eigenvalue weighted by atomic mass is 10.2. The maximum Gasteiger partial charge on any atom is 0.262 e. The molecule has 3 heterocycles. The van der Waals surface area contributed by atoms with Gasteiger partial charge in [0.2, 0.25) is 5.88 Å². The third-order valence-corrected chi connectivity index (χ3v) is 4.39. The molecule has 0 saturated heterocycles. The number of nitrogens with one attached hydrogen (secondary N) is 1. The highest BCUT2D eigenvalue weighted by Crippen LogP contribution is 2.20. The average Bonchev–Trinajstić information content (AvgIpc) is 3.16. The summed E-state index contributed by atoms with van der Waals surface area (Å²) < 4.78 is 12.2. The first-order chi connectivity index (χ1) is 13.1. The van der Waals surface area contributed by atoms with Gasteiger partial charge in [-0.25, -0.2) is 9.97 Å². The van der Waals surface area contributed by atoms with E-state index in [1.165, 1.54) is 13.3 Å². The van der Waals surface area contributed by atoms with Crippen LogP contribution < -0.4 is 20.3 Å². The van der Waals surface area contributed by atoms with Crippen molar-refractivity contribution in [1.82, 2.24) is 14.5 Å². The van der Waals surface area contributed by atoms with E-state index in [0.29, 0.717) is 34.8 Å². The molecule has 138 valence electrons. The van der Waals surface area contributed by atoms with Crippen molar-refractivity contribution >= 4 is 22.5 Å². The first-order valence-electron chi connectivity index (χ1n) is 8.60. The number of pyridine rings is 1. The number of methoxy groups -OCH3 is 1. The van der Waals surface area contributed by atoms with Crippen LogP contribution in [0.5, 0.6) is 11.6 Å². The molecule has 1 aliphatic rings. The first kappa shape index (κ1) is 17.0. The molecule has 1 aromatic carbocycles. The van der Waals surface area contributed by atoms with Gasteiger partial charge in [-0.2, -0.15) is 0 Å². The number of ether oxygens (including phenoxy) is 2. The van der Waals surface area contributed by atoms with Gasteiger partial charge in [-0.3, -0.25) is 14.2 Å². The Bertz CT molecular complexity index is 1060. The third-order valence-electron chi connectivity index (χ3n) is 4.39. The summed E-state index contributed by atoms with van der Waals surface area (Å²) in [6.07, 6.45) is 3.26. The predicted molar refractivity (Wildman–Crippen MR) is 99.2 cm³/mol. The van der Waals surface area contributed by atoms with Gasteiger partial charge in [0.25, 0.3) is 11.5 Å². The second-order valence-corrected chi connectivity index (χ2v) is 6.19. The smallest absolute Gasteiger partial charge is 0.262 e. The van der Waals surface area contributed by atoms with Gasteiger partial charge in [0.15, 0.2) is 6.61 Å². The quantitative estimate of drug-likeness (QED) is 0.739. The zero-order valence-corrected chi connectivity index (χ0v) is 14.8. The van der Waals surface area contributed by atoms with Crippen molar-refractivity contribution in [2.75, 3.05) is 19.0 Å². The topological polar surface area (TPSA) is 95.3 Å². The SMILES string of the molecule is COc1ccc(NC(=O)COc2ccc3nc4n(c(=O)c3c2)CCC4)cn1. The van der Waals surface area contributed by atoms with Gasteiger partial charge < -0.3 is 14.8 Å². The second kappa shape index (κ2) is 7.06. The summed E-state index contributed by atoms with van der Waals surface area (Å²) >= 11 is 0. The Morgan fingerprint density at radius 1 is 1.30 bits per heavy atom. The fourth-order valence-corrected chi connectivity index (χ4v) is 3.07. The lowest BCUT2D eigenvalue weighted by Crippen LogP contribution is -2.22. The number of nitrogens with zero attached hydrogens (tertiary/aromatic N) is 3. The molecule has 8 heteroatoms. The van der Waals surface area contributed by atoms with E-state index in [1.807, 2.05) is 0 Å². The number of carbonyl (C=O) groups excluding carboxylic acids is 1. The van der Waals surface area contributed by atoms with Crippen molar-refractivity contribution in [2.45, 2.75) is 19.4 Å². The Labute approximate surface area is 154 Å². The molecule has 4 rings (SSSR count). The van der Waals surface area contributed by atoms with Gasteiger partial charge in [-0.15, -0.1) is 0 Å². The Morgan fingerprint density at radius 3 is 2.96 bits per heavy atom. The van der Waals surface area contributed by atoms with Crippen LogP contribution in [-0.2, 0) is 17.8 Å². The number of anilines is 1. The van der Waals surface area contributed by atoms with Crippen LogP contribution in [-0.4, -0.2) is 34.2 Å². The van der Waals surface area contributed by atoms with Crippen molar-refractivity contribution in [2.24, 2.45) is 0 Å². The summed E-state index contributed by atoms with van der Waals surface area (Å²) in [5, 5.41) is 3.18. The molecule has 0 bridgehead atoms. The summed E-state index contributed by atoms with van der Waals surface area (Å²) in [4.78, 5) is 33.2. The first-order valence-corrected chi connectivity index (χ1v) is 8.60. The zero-order chi connectivity index (χ0) is 18.8.